The predicted octanol–water partition coefficient (Wildman–Crippen LogP) is 3.22. The highest BCUT2D eigenvalue weighted by atomic mass is 35.5. The molecule has 1 amide bonds. The van der Waals surface area contributed by atoms with Gasteiger partial charge in [0.15, 0.2) is 0 Å². The fourth-order valence-corrected chi connectivity index (χ4v) is 2.50. The molecule has 0 saturated heterocycles. The predicted molar refractivity (Wildman–Crippen MR) is 65.9 cm³/mol. The Morgan fingerprint density at radius 1 is 1.31 bits per heavy atom. The number of benzene rings is 1. The first-order valence-electron chi connectivity index (χ1n) is 5.39. The minimum absolute atomic E-state index is 0.0102. The number of carbonyl (C=O) groups is 1. The lowest BCUT2D eigenvalue weighted by Gasteiger charge is -2.21. The average Bonchev–Trinajstić information content (AvgIpc) is 2.41. The second-order valence-corrected chi connectivity index (χ2v) is 5.81. The fourth-order valence-electron chi connectivity index (χ4n) is 2.06. The summed E-state index contributed by atoms with van der Waals surface area (Å²) in [7, 11) is 1.81. The number of carbonyl (C=O) groups excluding carboxylic acids is 1. The standard InChI is InChI=1S/C13H16ClNO/c1-13(2,3)10-5-8-7-15(4)12(16)9(8)6-11(10)14/h5-6H,7H2,1-4H3. The zero-order valence-corrected chi connectivity index (χ0v) is 10.9. The number of halogens is 1. The molecule has 2 nitrogen and oxygen atoms in total. The van der Waals surface area contributed by atoms with Crippen molar-refractivity contribution in [3.63, 3.8) is 0 Å². The molecular weight excluding hydrogens is 222 g/mol. The Bertz CT molecular complexity index is 460. The highest BCUT2D eigenvalue weighted by Crippen LogP contribution is 2.34. The minimum Gasteiger partial charge on any atom is -0.337 e. The summed E-state index contributed by atoms with van der Waals surface area (Å²) >= 11 is 6.23. The Balaban J connectivity index is 2.58. The van der Waals surface area contributed by atoms with E-state index in [0.29, 0.717) is 11.6 Å². The van der Waals surface area contributed by atoms with Gasteiger partial charge in [-0.15, -0.1) is 0 Å². The normalized spacial score (nSPS) is 15.6. The van der Waals surface area contributed by atoms with Crippen molar-refractivity contribution < 1.29 is 4.79 Å². The Morgan fingerprint density at radius 2 is 1.94 bits per heavy atom. The Labute approximate surface area is 101 Å². The molecule has 0 saturated carbocycles. The van der Waals surface area contributed by atoms with Crippen LogP contribution < -0.4 is 0 Å². The van der Waals surface area contributed by atoms with Gasteiger partial charge < -0.3 is 4.90 Å². The molecule has 0 fully saturated rings. The monoisotopic (exact) mass is 237 g/mol. The van der Waals surface area contributed by atoms with Gasteiger partial charge in [-0.05, 0) is 22.6 Å². The number of hydrogen-bond donors (Lipinski definition) is 0. The maximum absolute atomic E-state index is 11.8. The highest BCUT2D eigenvalue weighted by molar-refractivity contribution is 6.32. The van der Waals surface area contributed by atoms with Crippen LogP contribution in [-0.2, 0) is 12.0 Å². The molecule has 0 aliphatic carbocycles. The third kappa shape index (κ3) is 1.71. The summed E-state index contributed by atoms with van der Waals surface area (Å²) in [5.41, 5.74) is 2.95. The maximum atomic E-state index is 11.8. The van der Waals surface area contributed by atoms with E-state index >= 15 is 0 Å². The van der Waals surface area contributed by atoms with E-state index in [1.54, 1.807) is 4.90 Å². The quantitative estimate of drug-likeness (QED) is 0.679. The van der Waals surface area contributed by atoms with E-state index in [1.165, 1.54) is 0 Å². The number of amides is 1. The largest absolute Gasteiger partial charge is 0.337 e. The first-order chi connectivity index (χ1) is 7.30. The van der Waals surface area contributed by atoms with E-state index in [9.17, 15) is 4.79 Å². The molecule has 0 aromatic heterocycles. The lowest BCUT2D eigenvalue weighted by atomic mass is 9.85. The van der Waals surface area contributed by atoms with Crippen molar-refractivity contribution in [2.24, 2.45) is 0 Å². The molecule has 0 spiro atoms. The van der Waals surface area contributed by atoms with Gasteiger partial charge in [-0.1, -0.05) is 38.4 Å². The van der Waals surface area contributed by atoms with Crippen molar-refractivity contribution >= 4 is 17.5 Å². The van der Waals surface area contributed by atoms with Gasteiger partial charge in [0, 0.05) is 24.2 Å². The van der Waals surface area contributed by atoms with Crippen LogP contribution in [0.4, 0.5) is 0 Å². The number of hydrogen-bond acceptors (Lipinski definition) is 1. The molecule has 1 aliphatic rings. The van der Waals surface area contributed by atoms with Gasteiger partial charge in [-0.25, -0.2) is 0 Å². The maximum Gasteiger partial charge on any atom is 0.254 e. The van der Waals surface area contributed by atoms with Gasteiger partial charge >= 0.3 is 0 Å². The van der Waals surface area contributed by atoms with Crippen molar-refractivity contribution in [1.29, 1.82) is 0 Å². The molecule has 0 radical (unpaired) electrons. The van der Waals surface area contributed by atoms with E-state index in [0.717, 1.165) is 16.7 Å². The number of fused-ring (bicyclic) bond motifs is 1. The molecule has 86 valence electrons. The third-order valence-corrected chi connectivity index (χ3v) is 3.30. The van der Waals surface area contributed by atoms with Crippen LogP contribution in [0.2, 0.25) is 5.02 Å². The fraction of sp³-hybridized carbons (Fsp3) is 0.462. The zero-order chi connectivity index (χ0) is 12.1. The van der Waals surface area contributed by atoms with Crippen LogP contribution in [-0.4, -0.2) is 17.9 Å². The zero-order valence-electron chi connectivity index (χ0n) is 10.1. The van der Waals surface area contributed by atoms with Crippen LogP contribution >= 0.6 is 11.6 Å². The second-order valence-electron chi connectivity index (χ2n) is 5.40. The Kier molecular flexibility index (Phi) is 2.50. The minimum atomic E-state index is 0.0102. The van der Waals surface area contributed by atoms with Crippen LogP contribution in [0.5, 0.6) is 0 Å². The van der Waals surface area contributed by atoms with Gasteiger partial charge in [-0.2, -0.15) is 0 Å². The van der Waals surface area contributed by atoms with Crippen molar-refractivity contribution in [2.45, 2.75) is 32.7 Å². The van der Waals surface area contributed by atoms with E-state index in [1.807, 2.05) is 13.1 Å². The van der Waals surface area contributed by atoms with Crippen LogP contribution in [0.15, 0.2) is 12.1 Å². The molecule has 1 aliphatic heterocycles. The topological polar surface area (TPSA) is 20.3 Å². The summed E-state index contributed by atoms with van der Waals surface area (Å²) in [6.07, 6.45) is 0. The van der Waals surface area contributed by atoms with Gasteiger partial charge in [0.25, 0.3) is 5.91 Å². The van der Waals surface area contributed by atoms with Crippen LogP contribution in [0.1, 0.15) is 42.3 Å². The summed E-state index contributed by atoms with van der Waals surface area (Å²) in [6.45, 7) is 7.07. The molecule has 3 heteroatoms. The Morgan fingerprint density at radius 3 is 2.50 bits per heavy atom. The second kappa shape index (κ2) is 3.49. The lowest BCUT2D eigenvalue weighted by molar-refractivity contribution is 0.0816. The van der Waals surface area contributed by atoms with Crippen molar-refractivity contribution in [2.75, 3.05) is 7.05 Å². The summed E-state index contributed by atoms with van der Waals surface area (Å²) in [6, 6.07) is 3.88. The van der Waals surface area contributed by atoms with Gasteiger partial charge in [-0.3, -0.25) is 4.79 Å². The van der Waals surface area contributed by atoms with E-state index < -0.39 is 0 Å². The van der Waals surface area contributed by atoms with Crippen LogP contribution in [0, 0.1) is 0 Å². The van der Waals surface area contributed by atoms with E-state index in [-0.39, 0.29) is 11.3 Å². The molecule has 0 unspecified atom stereocenters. The van der Waals surface area contributed by atoms with Crippen molar-refractivity contribution in [3.8, 4) is 0 Å². The average molecular weight is 238 g/mol. The van der Waals surface area contributed by atoms with Gasteiger partial charge in [0.05, 0.1) is 0 Å². The molecule has 2 rings (SSSR count). The first-order valence-corrected chi connectivity index (χ1v) is 5.77. The molecule has 1 aromatic carbocycles. The van der Waals surface area contributed by atoms with E-state index in [4.69, 9.17) is 11.6 Å². The van der Waals surface area contributed by atoms with Crippen LogP contribution in [0.25, 0.3) is 0 Å². The van der Waals surface area contributed by atoms with Gasteiger partial charge in [0.2, 0.25) is 0 Å². The number of nitrogens with zero attached hydrogens (tertiary/aromatic N) is 1. The summed E-state index contributed by atoms with van der Waals surface area (Å²) in [4.78, 5) is 13.5. The molecule has 1 aromatic rings. The molecule has 1 heterocycles. The number of rotatable bonds is 0. The summed E-state index contributed by atoms with van der Waals surface area (Å²) < 4.78 is 0. The van der Waals surface area contributed by atoms with Gasteiger partial charge in [0.1, 0.15) is 0 Å². The SMILES string of the molecule is CN1Cc2cc(C(C)(C)C)c(Cl)cc2C1=O. The summed E-state index contributed by atoms with van der Waals surface area (Å²) in [5.74, 6) is 0.0670. The Hall–Kier alpha value is -1.02. The smallest absolute Gasteiger partial charge is 0.254 e. The molecule has 0 bridgehead atoms. The summed E-state index contributed by atoms with van der Waals surface area (Å²) in [5, 5.41) is 0.690. The molecule has 16 heavy (non-hydrogen) atoms. The van der Waals surface area contributed by atoms with Crippen LogP contribution in [0.3, 0.4) is 0 Å². The highest BCUT2D eigenvalue weighted by Gasteiger charge is 2.28. The molecular formula is C13H16ClNO. The lowest BCUT2D eigenvalue weighted by Crippen LogP contribution is -2.17. The molecule has 0 N–H and O–H groups in total. The molecule has 0 atom stereocenters. The first kappa shape index (κ1) is 11.5. The third-order valence-electron chi connectivity index (χ3n) is 2.99. The van der Waals surface area contributed by atoms with Crippen molar-refractivity contribution in [1.82, 2.24) is 4.90 Å². The van der Waals surface area contributed by atoms with Crippen molar-refractivity contribution in [3.05, 3.63) is 33.8 Å². The van der Waals surface area contributed by atoms with E-state index in [2.05, 4.69) is 26.8 Å².